The van der Waals surface area contributed by atoms with E-state index in [4.69, 9.17) is 4.74 Å². The molecule has 1 fully saturated rings. The lowest BCUT2D eigenvalue weighted by Crippen LogP contribution is -2.56. The molecule has 1 saturated heterocycles. The van der Waals surface area contributed by atoms with E-state index in [0.717, 1.165) is 60.9 Å². The van der Waals surface area contributed by atoms with E-state index in [9.17, 15) is 9.90 Å². The number of likely N-dealkylation sites (N-methyl/N-ethyl adjacent to an activating group) is 1. The second-order valence-corrected chi connectivity index (χ2v) is 9.78. The molecule has 2 aliphatic rings. The van der Waals surface area contributed by atoms with Crippen LogP contribution in [0.25, 0.3) is 11.1 Å². The van der Waals surface area contributed by atoms with Gasteiger partial charge in [-0.2, -0.15) is 0 Å². The summed E-state index contributed by atoms with van der Waals surface area (Å²) in [6, 6.07) is 25.4. The van der Waals surface area contributed by atoms with Crippen LogP contribution in [-0.4, -0.2) is 43.2 Å². The number of carbonyl (C=O) groups excluding carboxylic acids is 1. The van der Waals surface area contributed by atoms with Gasteiger partial charge >= 0.3 is 5.97 Å². The van der Waals surface area contributed by atoms with Gasteiger partial charge in [0.1, 0.15) is 6.54 Å². The topological polar surface area (TPSA) is 49.4 Å². The molecule has 1 aliphatic heterocycles. The van der Waals surface area contributed by atoms with Crippen molar-refractivity contribution in [2.45, 2.75) is 37.4 Å². The predicted octanol–water partition coefficient (Wildman–Crippen LogP) is 4.06. The zero-order valence-corrected chi connectivity index (χ0v) is 19.2. The van der Waals surface area contributed by atoms with Crippen LogP contribution >= 0.6 is 0 Å². The van der Waals surface area contributed by atoms with Crippen molar-refractivity contribution in [2.75, 3.05) is 26.7 Å². The fourth-order valence-corrected chi connectivity index (χ4v) is 5.63. The third-order valence-corrected chi connectivity index (χ3v) is 7.34. The van der Waals surface area contributed by atoms with Crippen molar-refractivity contribution in [1.29, 1.82) is 0 Å². The summed E-state index contributed by atoms with van der Waals surface area (Å²) in [7, 11) is 2.25. The van der Waals surface area contributed by atoms with Gasteiger partial charge in [0, 0.05) is 18.4 Å². The lowest BCUT2D eigenvalue weighted by molar-refractivity contribution is -0.917. The Kier molecular flexibility index (Phi) is 5.81. The molecule has 1 unspecified atom stereocenters. The van der Waals surface area contributed by atoms with Crippen LogP contribution in [0.2, 0.25) is 0 Å². The van der Waals surface area contributed by atoms with Crippen molar-refractivity contribution in [1.82, 2.24) is 0 Å². The Morgan fingerprint density at radius 1 is 0.970 bits per heavy atom. The minimum Gasteiger partial charge on any atom is -0.834 e. The molecule has 0 aromatic heterocycles. The second-order valence-electron chi connectivity index (χ2n) is 9.78. The molecule has 0 amide bonds. The maximum atomic E-state index is 14.1. The summed E-state index contributed by atoms with van der Waals surface area (Å²) in [4.78, 5) is 13.4. The molecule has 0 bridgehead atoms. The zero-order valence-electron chi connectivity index (χ0n) is 19.2. The molecule has 4 heteroatoms. The predicted molar refractivity (Wildman–Crippen MR) is 127 cm³/mol. The average Bonchev–Trinajstić information content (AvgIpc) is 3.10. The van der Waals surface area contributed by atoms with Gasteiger partial charge in [0.25, 0.3) is 0 Å². The molecular formula is C29H31NO3. The summed E-state index contributed by atoms with van der Waals surface area (Å²) in [6.45, 7) is 2.88. The Morgan fingerprint density at radius 2 is 1.58 bits per heavy atom. The van der Waals surface area contributed by atoms with Crippen LogP contribution in [-0.2, 0) is 21.6 Å². The van der Waals surface area contributed by atoms with Crippen LogP contribution in [0.3, 0.4) is 0 Å². The quantitative estimate of drug-likeness (QED) is 0.428. The van der Waals surface area contributed by atoms with Crippen LogP contribution in [0.4, 0.5) is 0 Å². The number of ether oxygens (including phenoxy) is 1. The highest BCUT2D eigenvalue weighted by atomic mass is 16.6. The summed E-state index contributed by atoms with van der Waals surface area (Å²) in [5, 5.41) is 14.1. The van der Waals surface area contributed by atoms with E-state index >= 15 is 0 Å². The van der Waals surface area contributed by atoms with E-state index in [0.29, 0.717) is 11.1 Å². The maximum absolute atomic E-state index is 14.1. The average molecular weight is 442 g/mol. The number of likely N-dealkylation sites (tertiary alicyclic amines) is 1. The van der Waals surface area contributed by atoms with E-state index in [1.807, 2.05) is 42.5 Å². The first-order chi connectivity index (χ1) is 16.0. The molecule has 170 valence electrons. The summed E-state index contributed by atoms with van der Waals surface area (Å²) in [5.41, 5.74) is 2.05. The van der Waals surface area contributed by atoms with Crippen molar-refractivity contribution in [3.63, 3.8) is 0 Å². The van der Waals surface area contributed by atoms with Crippen LogP contribution in [0, 0.1) is 0 Å². The molecule has 0 N–H and O–H groups in total. The number of fused-ring (bicyclic) bond motifs is 3. The Labute approximate surface area is 196 Å². The molecule has 2 atom stereocenters. The van der Waals surface area contributed by atoms with Gasteiger partial charge in [-0.05, 0) is 40.7 Å². The molecule has 5 rings (SSSR count). The smallest absolute Gasteiger partial charge is 0.304 e. The number of aryl methyl sites for hydroxylation is 1. The number of rotatable bonds is 6. The first kappa shape index (κ1) is 21.9. The van der Waals surface area contributed by atoms with Crippen LogP contribution in [0.5, 0.6) is 0 Å². The third-order valence-electron chi connectivity index (χ3n) is 7.34. The Bertz CT molecular complexity index is 1100. The highest BCUT2D eigenvalue weighted by Gasteiger charge is 2.42. The van der Waals surface area contributed by atoms with Gasteiger partial charge in [-0.25, -0.2) is 0 Å². The largest absolute Gasteiger partial charge is 0.834 e. The van der Waals surface area contributed by atoms with E-state index in [2.05, 4.69) is 31.3 Å². The molecule has 33 heavy (non-hydrogen) atoms. The van der Waals surface area contributed by atoms with Gasteiger partial charge in [-0.1, -0.05) is 78.9 Å². The number of esters is 1. The lowest BCUT2D eigenvalue weighted by Gasteiger charge is -2.43. The normalized spacial score (nSPS) is 22.9. The fourth-order valence-electron chi connectivity index (χ4n) is 5.63. The molecule has 0 radical (unpaired) electrons. The van der Waals surface area contributed by atoms with Crippen LogP contribution < -0.4 is 5.11 Å². The molecule has 0 saturated carbocycles. The number of piperidine rings is 1. The van der Waals surface area contributed by atoms with Crippen LogP contribution in [0.15, 0.2) is 78.9 Å². The molecule has 1 heterocycles. The van der Waals surface area contributed by atoms with Gasteiger partial charge in [0.15, 0.2) is 6.10 Å². The standard InChI is InChI=1S/C29H31NO3/c1-30(19-9-13-22-11-3-2-4-12-22)20-10-14-23(21-30)33-28(31)29(32)26-17-7-5-15-24(26)25-16-6-8-18-27(25)29/h2-8,11-12,15-18,23H,9-10,13-14,19-21H2,1H3/t23?,30-/m1/s1. The molecule has 1 aliphatic carbocycles. The minimum atomic E-state index is -2.00. The third kappa shape index (κ3) is 4.09. The SMILES string of the molecule is C[N@@+]1(CCCc2ccccc2)CCCC(OC(=O)C2([O-])c3ccccc3-c3ccccc32)C1. The van der Waals surface area contributed by atoms with E-state index in [-0.39, 0.29) is 6.10 Å². The van der Waals surface area contributed by atoms with E-state index in [1.54, 1.807) is 12.1 Å². The Hall–Kier alpha value is -2.95. The fraction of sp³-hybridized carbons (Fsp3) is 0.345. The van der Waals surface area contributed by atoms with Crippen molar-refractivity contribution in [2.24, 2.45) is 0 Å². The molecular weight excluding hydrogens is 410 g/mol. The molecule has 4 nitrogen and oxygen atoms in total. The van der Waals surface area contributed by atoms with E-state index in [1.165, 1.54) is 5.56 Å². The van der Waals surface area contributed by atoms with Crippen molar-refractivity contribution in [3.8, 4) is 11.1 Å². The molecule has 3 aromatic carbocycles. The lowest BCUT2D eigenvalue weighted by atomic mass is 9.91. The van der Waals surface area contributed by atoms with Crippen molar-refractivity contribution < 1.29 is 19.1 Å². The first-order valence-electron chi connectivity index (χ1n) is 12.0. The first-order valence-corrected chi connectivity index (χ1v) is 12.0. The molecule has 0 spiro atoms. The van der Waals surface area contributed by atoms with E-state index < -0.39 is 11.6 Å². The Balaban J connectivity index is 1.29. The number of hydrogen-bond donors (Lipinski definition) is 0. The zero-order chi connectivity index (χ0) is 22.9. The summed E-state index contributed by atoms with van der Waals surface area (Å²) in [6.07, 6.45) is 3.74. The monoisotopic (exact) mass is 441 g/mol. The summed E-state index contributed by atoms with van der Waals surface area (Å²) < 4.78 is 6.86. The van der Waals surface area contributed by atoms with Crippen molar-refractivity contribution >= 4 is 5.97 Å². The Morgan fingerprint density at radius 3 is 2.24 bits per heavy atom. The van der Waals surface area contributed by atoms with Gasteiger partial charge in [0.2, 0.25) is 0 Å². The highest BCUT2D eigenvalue weighted by molar-refractivity contribution is 5.95. The van der Waals surface area contributed by atoms with Gasteiger partial charge in [-0.3, -0.25) is 4.79 Å². The van der Waals surface area contributed by atoms with Gasteiger partial charge in [0.05, 0.1) is 20.1 Å². The second kappa shape index (κ2) is 8.77. The molecule has 3 aromatic rings. The number of nitrogens with zero attached hydrogens (tertiary/aromatic N) is 1. The number of hydrogen-bond acceptors (Lipinski definition) is 3. The van der Waals surface area contributed by atoms with Crippen molar-refractivity contribution in [3.05, 3.63) is 95.6 Å². The maximum Gasteiger partial charge on any atom is 0.304 e. The number of benzene rings is 3. The number of quaternary nitrogens is 1. The van der Waals surface area contributed by atoms with Gasteiger partial charge in [-0.15, -0.1) is 0 Å². The summed E-state index contributed by atoms with van der Waals surface area (Å²) >= 11 is 0. The highest BCUT2D eigenvalue weighted by Crippen LogP contribution is 2.46. The minimum absolute atomic E-state index is 0.223. The summed E-state index contributed by atoms with van der Waals surface area (Å²) in [5.74, 6) is -0.664. The van der Waals surface area contributed by atoms with Crippen LogP contribution in [0.1, 0.15) is 36.0 Å². The van der Waals surface area contributed by atoms with Gasteiger partial charge < -0.3 is 14.3 Å². The number of carbonyl (C=O) groups is 1.